The average Bonchev–Trinajstić information content (AvgIpc) is 2.90. The molecule has 2 fully saturated rings. The van der Waals surface area contributed by atoms with Gasteiger partial charge in [-0.25, -0.2) is 0 Å². The lowest BCUT2D eigenvalue weighted by atomic mass is 9.89. The molecule has 1 N–H and O–H groups in total. The van der Waals surface area contributed by atoms with E-state index in [2.05, 4.69) is 10.2 Å². The molecule has 6 heteroatoms. The molecule has 2 heterocycles. The molecule has 0 spiro atoms. The molecule has 0 saturated carbocycles. The molecule has 24 heavy (non-hydrogen) atoms. The van der Waals surface area contributed by atoms with Gasteiger partial charge >= 0.3 is 0 Å². The zero-order valence-corrected chi connectivity index (χ0v) is 15.2. The molecule has 0 aliphatic carbocycles. The van der Waals surface area contributed by atoms with Crippen LogP contribution in [0.5, 0.6) is 11.5 Å². The Kier molecular flexibility index (Phi) is 5.21. The second-order valence-electron chi connectivity index (χ2n) is 6.99. The zero-order chi connectivity index (χ0) is 17.3. The van der Waals surface area contributed by atoms with Crippen molar-refractivity contribution in [3.63, 3.8) is 0 Å². The predicted octanol–water partition coefficient (Wildman–Crippen LogP) is 2.70. The van der Waals surface area contributed by atoms with Gasteiger partial charge < -0.3 is 14.8 Å². The molecule has 0 unspecified atom stereocenters. The van der Waals surface area contributed by atoms with Crippen LogP contribution in [0.4, 0.5) is 0 Å². The number of nitrogens with one attached hydrogen (secondary N) is 1. The summed E-state index contributed by atoms with van der Waals surface area (Å²) in [6.07, 6.45) is 0.692. The monoisotopic (exact) mass is 352 g/mol. The number of fused-ring (bicyclic) bond motifs is 1. The molecular formula is C18H25ClN2O3. The van der Waals surface area contributed by atoms with Crippen molar-refractivity contribution in [3.05, 3.63) is 22.7 Å². The molecule has 1 aromatic rings. The Bertz CT molecular complexity index is 621. The number of carbonyl (C=O) groups excluding carboxylic acids is 1. The molecule has 0 bridgehead atoms. The van der Waals surface area contributed by atoms with E-state index in [1.165, 1.54) is 0 Å². The Morgan fingerprint density at radius 1 is 1.33 bits per heavy atom. The maximum atomic E-state index is 11.6. The Morgan fingerprint density at radius 3 is 2.79 bits per heavy atom. The van der Waals surface area contributed by atoms with Gasteiger partial charge in [-0.2, -0.15) is 0 Å². The van der Waals surface area contributed by atoms with Crippen LogP contribution < -0.4 is 14.8 Å². The topological polar surface area (TPSA) is 50.8 Å². The summed E-state index contributed by atoms with van der Waals surface area (Å²) in [5.41, 5.74) is 1.03. The van der Waals surface area contributed by atoms with Crippen LogP contribution in [0.2, 0.25) is 5.02 Å². The van der Waals surface area contributed by atoms with Gasteiger partial charge in [0.05, 0.1) is 13.2 Å². The van der Waals surface area contributed by atoms with Crippen molar-refractivity contribution in [3.8, 4) is 11.5 Å². The van der Waals surface area contributed by atoms with Crippen molar-refractivity contribution in [1.29, 1.82) is 0 Å². The first kappa shape index (κ1) is 17.4. The number of piperidine rings is 1. The number of carbonyl (C=O) groups is 1. The van der Waals surface area contributed by atoms with Gasteiger partial charge in [-0.1, -0.05) is 11.6 Å². The minimum absolute atomic E-state index is 0.0572. The summed E-state index contributed by atoms with van der Waals surface area (Å²) in [6, 6.07) is 3.74. The average molecular weight is 353 g/mol. The highest BCUT2D eigenvalue weighted by Gasteiger charge is 2.37. The number of benzene rings is 1. The van der Waals surface area contributed by atoms with Crippen LogP contribution in [0, 0.1) is 11.8 Å². The van der Waals surface area contributed by atoms with E-state index in [-0.39, 0.29) is 12.0 Å². The van der Waals surface area contributed by atoms with E-state index in [0.29, 0.717) is 29.0 Å². The molecule has 132 valence electrons. The fourth-order valence-corrected chi connectivity index (χ4v) is 3.92. The summed E-state index contributed by atoms with van der Waals surface area (Å²) in [4.78, 5) is 14.0. The SMILES string of the molecule is COc1cc(Cl)cc(CN2C[C@H]3CC(=O)NC[C@H]3C2)c1OC(C)C. The first-order valence-corrected chi connectivity index (χ1v) is 8.86. The van der Waals surface area contributed by atoms with Crippen LogP contribution in [-0.2, 0) is 11.3 Å². The lowest BCUT2D eigenvalue weighted by Crippen LogP contribution is -2.39. The number of hydrogen-bond acceptors (Lipinski definition) is 4. The molecule has 1 amide bonds. The number of methoxy groups -OCH3 is 1. The Labute approximate surface area is 148 Å². The van der Waals surface area contributed by atoms with Crippen LogP contribution >= 0.6 is 11.6 Å². The van der Waals surface area contributed by atoms with Gasteiger partial charge in [-0.3, -0.25) is 9.69 Å². The molecule has 2 saturated heterocycles. The van der Waals surface area contributed by atoms with Crippen molar-refractivity contribution in [1.82, 2.24) is 10.2 Å². The largest absolute Gasteiger partial charge is 0.493 e. The van der Waals surface area contributed by atoms with Crippen molar-refractivity contribution >= 4 is 17.5 Å². The first-order valence-electron chi connectivity index (χ1n) is 8.48. The minimum atomic E-state index is 0.0572. The van der Waals surface area contributed by atoms with Gasteiger partial charge in [0.2, 0.25) is 5.91 Å². The van der Waals surface area contributed by atoms with E-state index in [1.807, 2.05) is 19.9 Å². The molecule has 2 aliphatic heterocycles. The predicted molar refractivity (Wildman–Crippen MR) is 93.7 cm³/mol. The van der Waals surface area contributed by atoms with Gasteiger partial charge in [-0.15, -0.1) is 0 Å². The third kappa shape index (κ3) is 3.78. The molecule has 0 radical (unpaired) electrons. The molecule has 2 atom stereocenters. The third-order valence-corrected chi connectivity index (χ3v) is 4.94. The number of rotatable bonds is 5. The van der Waals surface area contributed by atoms with Gasteiger partial charge in [-0.05, 0) is 31.7 Å². The van der Waals surface area contributed by atoms with Gasteiger partial charge in [0.25, 0.3) is 0 Å². The third-order valence-electron chi connectivity index (χ3n) is 4.73. The Balaban J connectivity index is 1.79. The lowest BCUT2D eigenvalue weighted by Gasteiger charge is -2.23. The highest BCUT2D eigenvalue weighted by molar-refractivity contribution is 6.30. The molecule has 2 aliphatic rings. The fraction of sp³-hybridized carbons (Fsp3) is 0.611. The van der Waals surface area contributed by atoms with E-state index in [1.54, 1.807) is 13.2 Å². The summed E-state index contributed by atoms with van der Waals surface area (Å²) in [5, 5.41) is 3.62. The summed E-state index contributed by atoms with van der Waals surface area (Å²) in [6.45, 7) is 7.46. The first-order chi connectivity index (χ1) is 11.5. The summed E-state index contributed by atoms with van der Waals surface area (Å²) < 4.78 is 11.4. The Hall–Kier alpha value is -1.46. The van der Waals surface area contributed by atoms with Crippen LogP contribution in [0.15, 0.2) is 12.1 Å². The number of halogens is 1. The van der Waals surface area contributed by atoms with Gasteiger partial charge in [0.1, 0.15) is 0 Å². The van der Waals surface area contributed by atoms with Crippen molar-refractivity contribution < 1.29 is 14.3 Å². The fourth-order valence-electron chi connectivity index (χ4n) is 3.68. The van der Waals surface area contributed by atoms with Crippen molar-refractivity contribution in [2.45, 2.75) is 32.9 Å². The molecule has 3 rings (SSSR count). The number of amides is 1. The van der Waals surface area contributed by atoms with Gasteiger partial charge in [0.15, 0.2) is 11.5 Å². The highest BCUT2D eigenvalue weighted by Crippen LogP contribution is 2.38. The van der Waals surface area contributed by atoms with E-state index < -0.39 is 0 Å². The summed E-state index contributed by atoms with van der Waals surface area (Å²) in [5.74, 6) is 2.60. The highest BCUT2D eigenvalue weighted by atomic mass is 35.5. The van der Waals surface area contributed by atoms with Crippen molar-refractivity contribution in [2.24, 2.45) is 11.8 Å². The lowest BCUT2D eigenvalue weighted by molar-refractivity contribution is -0.124. The number of hydrogen-bond donors (Lipinski definition) is 1. The minimum Gasteiger partial charge on any atom is -0.493 e. The standard InChI is InChI=1S/C18H25ClN2O3/c1-11(2)24-18-13(4-15(19)6-16(18)23-3)9-21-8-12-5-17(22)20-7-14(12)10-21/h4,6,11-12,14H,5,7-10H2,1-3H3,(H,20,22)/t12-,14+/m1/s1. The maximum absolute atomic E-state index is 11.6. The molecular weight excluding hydrogens is 328 g/mol. The van der Waals surface area contributed by atoms with E-state index in [0.717, 1.165) is 37.5 Å². The number of ether oxygens (including phenoxy) is 2. The zero-order valence-electron chi connectivity index (χ0n) is 14.5. The molecule has 5 nitrogen and oxygen atoms in total. The van der Waals surface area contributed by atoms with E-state index in [9.17, 15) is 4.79 Å². The summed E-state index contributed by atoms with van der Waals surface area (Å²) in [7, 11) is 1.63. The molecule has 0 aromatic heterocycles. The second kappa shape index (κ2) is 7.19. The van der Waals surface area contributed by atoms with Crippen LogP contribution in [-0.4, -0.2) is 43.7 Å². The summed E-state index contributed by atoms with van der Waals surface area (Å²) >= 11 is 6.26. The number of nitrogens with zero attached hydrogens (tertiary/aromatic N) is 1. The van der Waals surface area contributed by atoms with Gasteiger partial charge in [0, 0.05) is 49.3 Å². The maximum Gasteiger partial charge on any atom is 0.220 e. The normalized spacial score (nSPS) is 24.0. The smallest absolute Gasteiger partial charge is 0.220 e. The van der Waals surface area contributed by atoms with Crippen LogP contribution in [0.3, 0.4) is 0 Å². The van der Waals surface area contributed by atoms with E-state index >= 15 is 0 Å². The van der Waals surface area contributed by atoms with Crippen molar-refractivity contribution in [2.75, 3.05) is 26.7 Å². The Morgan fingerprint density at radius 2 is 2.08 bits per heavy atom. The number of likely N-dealkylation sites (tertiary alicyclic amines) is 1. The van der Waals surface area contributed by atoms with Crippen LogP contribution in [0.1, 0.15) is 25.8 Å². The van der Waals surface area contributed by atoms with E-state index in [4.69, 9.17) is 21.1 Å². The van der Waals surface area contributed by atoms with Crippen LogP contribution in [0.25, 0.3) is 0 Å². The second-order valence-corrected chi connectivity index (χ2v) is 7.42. The molecule has 1 aromatic carbocycles. The quantitative estimate of drug-likeness (QED) is 0.885.